The van der Waals surface area contributed by atoms with Crippen LogP contribution in [0.3, 0.4) is 0 Å². The van der Waals surface area contributed by atoms with E-state index in [1.54, 1.807) is 0 Å². The molecule has 2 atom stereocenters. The van der Waals surface area contributed by atoms with Gasteiger partial charge in [-0.1, -0.05) is 32.5 Å². The van der Waals surface area contributed by atoms with Crippen LogP contribution in [0.1, 0.15) is 27.2 Å². The van der Waals surface area contributed by atoms with Crippen molar-refractivity contribution in [2.45, 2.75) is 33.3 Å². The van der Waals surface area contributed by atoms with Gasteiger partial charge in [0.05, 0.1) is 12.0 Å². The molecule has 1 N–H and O–H groups in total. The fourth-order valence-corrected chi connectivity index (χ4v) is 2.44. The van der Waals surface area contributed by atoms with Crippen LogP contribution in [-0.2, 0) is 4.79 Å². The van der Waals surface area contributed by atoms with E-state index in [9.17, 15) is 9.90 Å². The Kier molecular flexibility index (Phi) is 2.84. The molecular weight excluding hydrogens is 172 g/mol. The summed E-state index contributed by atoms with van der Waals surface area (Å²) in [6.45, 7) is 5.90. The second-order valence-corrected chi connectivity index (χ2v) is 5.47. The SMILES string of the molecule is CC(C)(C)[C@@H](O)[C@@H]1CCSC1=O. The summed E-state index contributed by atoms with van der Waals surface area (Å²) in [5, 5.41) is 9.99. The maximum absolute atomic E-state index is 11.3. The second kappa shape index (κ2) is 3.38. The average Bonchev–Trinajstić information content (AvgIpc) is 2.31. The summed E-state index contributed by atoms with van der Waals surface area (Å²) in [6.07, 6.45) is 0.349. The van der Waals surface area contributed by atoms with Crippen LogP contribution in [0.15, 0.2) is 0 Å². The summed E-state index contributed by atoms with van der Waals surface area (Å²) in [5.74, 6) is 0.742. The van der Waals surface area contributed by atoms with Gasteiger partial charge in [0.25, 0.3) is 0 Å². The summed E-state index contributed by atoms with van der Waals surface area (Å²) < 4.78 is 0. The van der Waals surface area contributed by atoms with Crippen LogP contribution < -0.4 is 0 Å². The van der Waals surface area contributed by atoms with Gasteiger partial charge in [-0.25, -0.2) is 0 Å². The molecule has 12 heavy (non-hydrogen) atoms. The van der Waals surface area contributed by atoms with E-state index in [4.69, 9.17) is 0 Å². The molecule has 1 heterocycles. The Morgan fingerprint density at radius 1 is 1.58 bits per heavy atom. The molecule has 0 bridgehead atoms. The highest BCUT2D eigenvalue weighted by atomic mass is 32.2. The zero-order valence-corrected chi connectivity index (χ0v) is 8.65. The second-order valence-electron chi connectivity index (χ2n) is 4.37. The van der Waals surface area contributed by atoms with E-state index >= 15 is 0 Å². The maximum atomic E-state index is 11.3. The lowest BCUT2D eigenvalue weighted by Gasteiger charge is -2.29. The molecule has 0 aromatic rings. The molecule has 3 heteroatoms. The van der Waals surface area contributed by atoms with Crippen LogP contribution in [0.25, 0.3) is 0 Å². The topological polar surface area (TPSA) is 37.3 Å². The van der Waals surface area contributed by atoms with Gasteiger partial charge < -0.3 is 5.11 Å². The van der Waals surface area contributed by atoms with Crippen LogP contribution in [0.4, 0.5) is 0 Å². The van der Waals surface area contributed by atoms with E-state index in [0.717, 1.165) is 12.2 Å². The molecule has 0 aromatic heterocycles. The molecule has 2 nitrogen and oxygen atoms in total. The summed E-state index contributed by atoms with van der Waals surface area (Å²) in [4.78, 5) is 11.3. The molecule has 0 aliphatic carbocycles. The number of hydrogen-bond donors (Lipinski definition) is 1. The third-order valence-corrected chi connectivity index (χ3v) is 3.27. The van der Waals surface area contributed by atoms with Gasteiger partial charge in [0.1, 0.15) is 0 Å². The molecule has 70 valence electrons. The number of carbonyl (C=O) groups is 1. The number of aliphatic hydroxyl groups excluding tert-OH is 1. The van der Waals surface area contributed by atoms with Crippen molar-refractivity contribution in [3.05, 3.63) is 0 Å². The normalized spacial score (nSPS) is 27.7. The van der Waals surface area contributed by atoms with Crippen LogP contribution in [0.5, 0.6) is 0 Å². The molecule has 1 aliphatic rings. The third kappa shape index (κ3) is 2.02. The molecular formula is C9H16O2S. The van der Waals surface area contributed by atoms with Crippen molar-refractivity contribution in [2.24, 2.45) is 11.3 Å². The molecule has 0 unspecified atom stereocenters. The third-order valence-electron chi connectivity index (χ3n) is 2.24. The highest BCUT2D eigenvalue weighted by Gasteiger charge is 2.37. The molecule has 1 rings (SSSR count). The predicted molar refractivity (Wildman–Crippen MR) is 51.0 cm³/mol. The van der Waals surface area contributed by atoms with Gasteiger partial charge in [-0.3, -0.25) is 4.79 Å². The van der Waals surface area contributed by atoms with Gasteiger partial charge in [-0.15, -0.1) is 0 Å². The lowest BCUT2D eigenvalue weighted by Crippen LogP contribution is -2.35. The Balaban J connectivity index is 2.63. The molecule has 0 aromatic carbocycles. The van der Waals surface area contributed by atoms with E-state index in [2.05, 4.69) is 0 Å². The summed E-state index contributed by atoms with van der Waals surface area (Å²) >= 11 is 1.35. The highest BCUT2D eigenvalue weighted by molar-refractivity contribution is 8.14. The highest BCUT2D eigenvalue weighted by Crippen LogP contribution is 2.35. The molecule has 0 saturated carbocycles. The van der Waals surface area contributed by atoms with Gasteiger partial charge in [-0.2, -0.15) is 0 Å². The minimum Gasteiger partial charge on any atom is -0.392 e. The van der Waals surface area contributed by atoms with Gasteiger partial charge in [0, 0.05) is 5.75 Å². The van der Waals surface area contributed by atoms with E-state index in [1.807, 2.05) is 20.8 Å². The predicted octanol–water partition coefficient (Wildman–Crippen LogP) is 1.67. The molecule has 0 amide bonds. The summed E-state index contributed by atoms with van der Waals surface area (Å²) in [6, 6.07) is 0. The first-order valence-electron chi connectivity index (χ1n) is 4.27. The fourth-order valence-electron chi connectivity index (χ4n) is 1.40. The van der Waals surface area contributed by atoms with Crippen molar-refractivity contribution in [2.75, 3.05) is 5.75 Å². The molecule has 0 radical (unpaired) electrons. The zero-order valence-electron chi connectivity index (χ0n) is 7.83. The standard InChI is InChI=1S/C9H16O2S/c1-9(2,3)7(10)6-4-5-12-8(6)11/h6-7,10H,4-5H2,1-3H3/t6-,7-/m0/s1. The molecule has 0 spiro atoms. The Morgan fingerprint density at radius 2 is 2.17 bits per heavy atom. The van der Waals surface area contributed by atoms with Gasteiger partial charge >= 0.3 is 0 Å². The minimum atomic E-state index is -0.486. The monoisotopic (exact) mass is 188 g/mol. The first kappa shape index (κ1) is 10.1. The van der Waals surface area contributed by atoms with Crippen molar-refractivity contribution >= 4 is 16.9 Å². The van der Waals surface area contributed by atoms with Crippen molar-refractivity contribution in [3.8, 4) is 0 Å². The summed E-state index contributed by atoms with van der Waals surface area (Å²) in [5.41, 5.74) is -0.175. The number of carbonyl (C=O) groups excluding carboxylic acids is 1. The molecule has 1 fully saturated rings. The van der Waals surface area contributed by atoms with Crippen molar-refractivity contribution in [1.82, 2.24) is 0 Å². The number of aliphatic hydroxyl groups is 1. The number of hydrogen-bond acceptors (Lipinski definition) is 3. The van der Waals surface area contributed by atoms with Crippen molar-refractivity contribution in [1.29, 1.82) is 0 Å². The van der Waals surface area contributed by atoms with E-state index < -0.39 is 6.10 Å². The Hall–Kier alpha value is -0.0200. The lowest BCUT2D eigenvalue weighted by atomic mass is 9.81. The van der Waals surface area contributed by atoms with Gasteiger partial charge in [0.2, 0.25) is 0 Å². The largest absolute Gasteiger partial charge is 0.392 e. The first-order chi connectivity index (χ1) is 5.43. The minimum absolute atomic E-state index is 0.130. The van der Waals surface area contributed by atoms with Gasteiger partial charge in [0.15, 0.2) is 5.12 Å². The molecule has 1 aliphatic heterocycles. The average molecular weight is 188 g/mol. The molecule has 1 saturated heterocycles. The van der Waals surface area contributed by atoms with Crippen molar-refractivity contribution in [3.63, 3.8) is 0 Å². The Morgan fingerprint density at radius 3 is 2.50 bits per heavy atom. The Labute approximate surface area is 77.7 Å². The van der Waals surface area contributed by atoms with E-state index in [1.165, 1.54) is 11.8 Å². The number of rotatable bonds is 1. The van der Waals surface area contributed by atoms with Crippen LogP contribution in [0, 0.1) is 11.3 Å². The van der Waals surface area contributed by atoms with Gasteiger partial charge in [-0.05, 0) is 11.8 Å². The maximum Gasteiger partial charge on any atom is 0.194 e. The summed E-state index contributed by atoms with van der Waals surface area (Å²) in [7, 11) is 0. The zero-order chi connectivity index (χ0) is 9.35. The van der Waals surface area contributed by atoms with Crippen molar-refractivity contribution < 1.29 is 9.90 Å². The van der Waals surface area contributed by atoms with E-state index in [-0.39, 0.29) is 16.4 Å². The smallest absolute Gasteiger partial charge is 0.194 e. The van der Waals surface area contributed by atoms with Crippen LogP contribution in [0.2, 0.25) is 0 Å². The van der Waals surface area contributed by atoms with Crippen LogP contribution >= 0.6 is 11.8 Å². The first-order valence-corrected chi connectivity index (χ1v) is 5.26. The Bertz CT molecular complexity index is 183. The van der Waals surface area contributed by atoms with E-state index in [0.29, 0.717) is 0 Å². The fraction of sp³-hybridized carbons (Fsp3) is 0.889. The lowest BCUT2D eigenvalue weighted by molar-refractivity contribution is -0.119. The van der Waals surface area contributed by atoms with Crippen LogP contribution in [-0.4, -0.2) is 22.1 Å². The quantitative estimate of drug-likeness (QED) is 0.680. The number of thioether (sulfide) groups is 1.